The molecular weight excluding hydrogens is 270 g/mol. The summed E-state index contributed by atoms with van der Waals surface area (Å²) in [6.07, 6.45) is 0.795. The third-order valence-corrected chi connectivity index (χ3v) is 3.35. The highest BCUT2D eigenvalue weighted by Gasteiger charge is 2.34. The van der Waals surface area contributed by atoms with E-state index in [1.54, 1.807) is 31.4 Å². The summed E-state index contributed by atoms with van der Waals surface area (Å²) < 4.78 is 11.1. The predicted octanol–water partition coefficient (Wildman–Crippen LogP) is 3.45. The molecule has 0 spiro atoms. The molecule has 0 N–H and O–H groups in total. The van der Waals surface area contributed by atoms with Gasteiger partial charge in [-0.1, -0.05) is 42.5 Å². The Morgan fingerprint density at radius 2 is 1.90 bits per heavy atom. The van der Waals surface area contributed by atoms with E-state index in [-0.39, 0.29) is 5.70 Å². The van der Waals surface area contributed by atoms with Gasteiger partial charge in [0.1, 0.15) is 0 Å². The Morgan fingerprint density at radius 1 is 1.14 bits per heavy atom. The standard InChI is InChI=1S/C16H13NO4/c1-20-14-9-5-8-12-10-13(17(18)19)15(21-16(12)14)11-6-3-2-4-7-11/h2-10,15H,1H3/t15-/m0/s1. The first kappa shape index (κ1) is 13.2. The van der Waals surface area contributed by atoms with Crippen LogP contribution in [-0.4, -0.2) is 12.0 Å². The average molecular weight is 283 g/mol. The van der Waals surface area contributed by atoms with Gasteiger partial charge in [-0.2, -0.15) is 0 Å². The number of hydrogen-bond donors (Lipinski definition) is 0. The van der Waals surface area contributed by atoms with E-state index in [0.717, 1.165) is 5.56 Å². The molecule has 0 amide bonds. The monoisotopic (exact) mass is 283 g/mol. The number of hydrogen-bond acceptors (Lipinski definition) is 4. The van der Waals surface area contributed by atoms with Gasteiger partial charge in [-0.3, -0.25) is 10.1 Å². The molecule has 106 valence electrons. The van der Waals surface area contributed by atoms with Crippen LogP contribution >= 0.6 is 0 Å². The molecule has 0 saturated heterocycles. The normalized spacial score (nSPS) is 16.4. The van der Waals surface area contributed by atoms with Crippen LogP contribution in [0.4, 0.5) is 0 Å². The molecule has 1 heterocycles. The van der Waals surface area contributed by atoms with Gasteiger partial charge in [-0.15, -0.1) is 0 Å². The summed E-state index contributed by atoms with van der Waals surface area (Å²) in [6, 6.07) is 14.4. The average Bonchev–Trinajstić information content (AvgIpc) is 2.53. The van der Waals surface area contributed by atoms with Gasteiger partial charge in [0.05, 0.1) is 12.0 Å². The van der Waals surface area contributed by atoms with E-state index in [4.69, 9.17) is 9.47 Å². The Morgan fingerprint density at radius 3 is 2.57 bits per heavy atom. The second kappa shape index (κ2) is 5.28. The van der Waals surface area contributed by atoms with Gasteiger partial charge in [0.2, 0.25) is 6.10 Å². The van der Waals surface area contributed by atoms with Crippen molar-refractivity contribution in [2.24, 2.45) is 0 Å². The second-order valence-electron chi connectivity index (χ2n) is 4.61. The fourth-order valence-electron chi connectivity index (χ4n) is 2.36. The molecule has 21 heavy (non-hydrogen) atoms. The summed E-state index contributed by atoms with van der Waals surface area (Å²) in [7, 11) is 1.54. The first-order valence-corrected chi connectivity index (χ1v) is 6.45. The van der Waals surface area contributed by atoms with Crippen molar-refractivity contribution in [2.45, 2.75) is 6.10 Å². The molecule has 0 radical (unpaired) electrons. The molecule has 2 aromatic rings. The fraction of sp³-hybridized carbons (Fsp3) is 0.125. The Labute approximate surface area is 121 Å². The predicted molar refractivity (Wildman–Crippen MR) is 77.8 cm³/mol. The Hall–Kier alpha value is -2.82. The molecule has 3 rings (SSSR count). The molecule has 5 nitrogen and oxygen atoms in total. The van der Waals surface area contributed by atoms with Crippen molar-refractivity contribution in [1.29, 1.82) is 0 Å². The lowest BCUT2D eigenvalue weighted by atomic mass is 10.0. The molecule has 0 aliphatic carbocycles. The van der Waals surface area contributed by atoms with E-state index < -0.39 is 11.0 Å². The molecule has 0 fully saturated rings. The Balaban J connectivity index is 2.13. The van der Waals surface area contributed by atoms with Crippen LogP contribution < -0.4 is 9.47 Å². The number of nitrogens with zero attached hydrogens (tertiary/aromatic N) is 1. The molecule has 1 atom stereocenters. The molecular formula is C16H13NO4. The van der Waals surface area contributed by atoms with Gasteiger partial charge in [0.15, 0.2) is 11.5 Å². The zero-order valence-corrected chi connectivity index (χ0v) is 11.4. The summed E-state index contributed by atoms with van der Waals surface area (Å²) >= 11 is 0. The molecule has 0 unspecified atom stereocenters. The van der Waals surface area contributed by atoms with Crippen molar-refractivity contribution in [3.05, 3.63) is 75.5 Å². The summed E-state index contributed by atoms with van der Waals surface area (Å²) in [6.45, 7) is 0. The van der Waals surface area contributed by atoms with E-state index in [2.05, 4.69) is 0 Å². The molecule has 0 saturated carbocycles. The highest BCUT2D eigenvalue weighted by molar-refractivity contribution is 5.66. The summed E-state index contributed by atoms with van der Waals surface area (Å²) in [5.41, 5.74) is 1.40. The molecule has 5 heteroatoms. The summed E-state index contributed by atoms with van der Waals surface area (Å²) in [5.74, 6) is 1.09. The zero-order chi connectivity index (χ0) is 14.8. The Kier molecular flexibility index (Phi) is 3.31. The number of benzene rings is 2. The van der Waals surface area contributed by atoms with Crippen molar-refractivity contribution in [1.82, 2.24) is 0 Å². The third-order valence-electron chi connectivity index (χ3n) is 3.35. The van der Waals surface area contributed by atoms with E-state index in [9.17, 15) is 10.1 Å². The number of methoxy groups -OCH3 is 1. The number of ether oxygens (including phenoxy) is 2. The van der Waals surface area contributed by atoms with Crippen LogP contribution in [0.3, 0.4) is 0 Å². The van der Waals surface area contributed by atoms with Gasteiger partial charge in [-0.25, -0.2) is 0 Å². The number of para-hydroxylation sites is 1. The SMILES string of the molecule is COc1cccc2c1O[C@@H](c1ccccc1)C([N+](=O)[O-])=C2. The lowest BCUT2D eigenvalue weighted by Crippen LogP contribution is -2.20. The maximum Gasteiger partial charge on any atom is 0.291 e. The van der Waals surface area contributed by atoms with Crippen LogP contribution in [-0.2, 0) is 0 Å². The molecule has 1 aliphatic rings. The van der Waals surface area contributed by atoms with Crippen LogP contribution in [0.2, 0.25) is 0 Å². The largest absolute Gasteiger partial charge is 0.493 e. The van der Waals surface area contributed by atoms with Crippen molar-refractivity contribution >= 4 is 6.08 Å². The molecule has 1 aliphatic heterocycles. The maximum atomic E-state index is 11.3. The molecule has 2 aromatic carbocycles. The molecule has 0 bridgehead atoms. The molecule has 0 aromatic heterocycles. The smallest absolute Gasteiger partial charge is 0.291 e. The van der Waals surface area contributed by atoms with Crippen molar-refractivity contribution in [2.75, 3.05) is 7.11 Å². The van der Waals surface area contributed by atoms with E-state index in [1.165, 1.54) is 0 Å². The highest BCUT2D eigenvalue weighted by atomic mass is 16.6. The van der Waals surface area contributed by atoms with Crippen molar-refractivity contribution in [3.8, 4) is 11.5 Å². The van der Waals surface area contributed by atoms with Gasteiger partial charge in [0, 0.05) is 17.2 Å². The summed E-state index contributed by atoms with van der Waals surface area (Å²) in [5, 5.41) is 11.3. The van der Waals surface area contributed by atoms with Crippen LogP contribution in [0.1, 0.15) is 17.2 Å². The summed E-state index contributed by atoms with van der Waals surface area (Å²) in [4.78, 5) is 10.9. The van der Waals surface area contributed by atoms with Crippen molar-refractivity contribution < 1.29 is 14.4 Å². The fourth-order valence-corrected chi connectivity index (χ4v) is 2.36. The van der Waals surface area contributed by atoms with Gasteiger partial charge in [-0.05, 0) is 6.07 Å². The maximum absolute atomic E-state index is 11.3. The minimum Gasteiger partial charge on any atom is -0.493 e. The highest BCUT2D eigenvalue weighted by Crippen LogP contribution is 2.42. The topological polar surface area (TPSA) is 61.6 Å². The third kappa shape index (κ3) is 2.33. The first-order valence-electron chi connectivity index (χ1n) is 6.45. The van der Waals surface area contributed by atoms with E-state index in [0.29, 0.717) is 17.1 Å². The minimum atomic E-state index is -0.745. The van der Waals surface area contributed by atoms with Gasteiger partial charge < -0.3 is 9.47 Å². The number of nitro groups is 1. The van der Waals surface area contributed by atoms with Crippen LogP contribution in [0.25, 0.3) is 6.08 Å². The van der Waals surface area contributed by atoms with Crippen LogP contribution in [0, 0.1) is 10.1 Å². The minimum absolute atomic E-state index is 0.0157. The quantitative estimate of drug-likeness (QED) is 0.639. The Bertz CT molecular complexity index is 709. The van der Waals surface area contributed by atoms with Crippen LogP contribution in [0.5, 0.6) is 11.5 Å². The number of rotatable bonds is 3. The zero-order valence-electron chi connectivity index (χ0n) is 11.4. The lowest BCUT2D eigenvalue weighted by molar-refractivity contribution is -0.434. The van der Waals surface area contributed by atoms with Gasteiger partial charge >= 0.3 is 0 Å². The van der Waals surface area contributed by atoms with E-state index >= 15 is 0 Å². The number of fused-ring (bicyclic) bond motifs is 1. The lowest BCUT2D eigenvalue weighted by Gasteiger charge is -2.24. The van der Waals surface area contributed by atoms with E-state index in [1.807, 2.05) is 30.3 Å². The van der Waals surface area contributed by atoms with Crippen molar-refractivity contribution in [3.63, 3.8) is 0 Å². The second-order valence-corrected chi connectivity index (χ2v) is 4.61. The first-order chi connectivity index (χ1) is 10.2. The van der Waals surface area contributed by atoms with Gasteiger partial charge in [0.25, 0.3) is 5.70 Å². The van der Waals surface area contributed by atoms with Crippen LogP contribution in [0.15, 0.2) is 54.2 Å².